The Balaban J connectivity index is 0.923. The summed E-state index contributed by atoms with van der Waals surface area (Å²) in [5.41, 5.74) is 3.20. The number of benzene rings is 2. The lowest BCUT2D eigenvalue weighted by Crippen LogP contribution is -2.14. The van der Waals surface area contributed by atoms with E-state index in [9.17, 15) is 9.59 Å². The third-order valence-electron chi connectivity index (χ3n) is 6.21. The van der Waals surface area contributed by atoms with Crippen molar-refractivity contribution in [2.75, 3.05) is 10.6 Å². The molecule has 0 saturated heterocycles. The molecule has 0 radical (unpaired) electrons. The van der Waals surface area contributed by atoms with E-state index in [1.807, 2.05) is 48.5 Å². The van der Waals surface area contributed by atoms with Crippen molar-refractivity contribution in [1.82, 2.24) is 40.8 Å². The van der Waals surface area contributed by atoms with E-state index >= 15 is 0 Å². The molecule has 14 heteroatoms. The fraction of sp³-hybridized carbons (Fsp3) is 0.231. The third kappa shape index (κ3) is 6.02. The van der Waals surface area contributed by atoms with Crippen molar-refractivity contribution in [3.63, 3.8) is 0 Å². The number of anilines is 2. The van der Waals surface area contributed by atoms with Gasteiger partial charge in [0, 0.05) is 23.6 Å². The standard InChI is InChI=1S/C26H24N10O2S2/c37-21(13-19-15-7-1-3-9-17(15)29-31-19)27-25-35-33-23(39-25)11-5-6-12-24-34-36-26(40-24)28-22(38)14-20-16-8-2-4-10-18(16)30-32-20/h1-4,7-10H,5-6,11-14H2,(H,29,31)(H,30,32)(H,27,35,37)(H,28,36,38). The van der Waals surface area contributed by atoms with Crippen LogP contribution in [0, 0.1) is 0 Å². The van der Waals surface area contributed by atoms with E-state index in [0.717, 1.165) is 68.9 Å². The van der Waals surface area contributed by atoms with Gasteiger partial charge in [-0.3, -0.25) is 19.8 Å². The van der Waals surface area contributed by atoms with Crippen LogP contribution >= 0.6 is 22.7 Å². The first-order chi connectivity index (χ1) is 19.6. The van der Waals surface area contributed by atoms with Gasteiger partial charge in [-0.2, -0.15) is 10.2 Å². The Morgan fingerprint density at radius 3 is 1.57 bits per heavy atom. The third-order valence-corrected chi connectivity index (χ3v) is 8.01. The molecule has 4 aromatic heterocycles. The first-order valence-electron chi connectivity index (χ1n) is 12.7. The van der Waals surface area contributed by atoms with E-state index in [4.69, 9.17) is 0 Å². The van der Waals surface area contributed by atoms with Crippen molar-refractivity contribution in [2.45, 2.75) is 38.5 Å². The average molecular weight is 573 g/mol. The number of fused-ring (bicyclic) bond motifs is 2. The van der Waals surface area contributed by atoms with Crippen molar-refractivity contribution in [3.8, 4) is 0 Å². The van der Waals surface area contributed by atoms with Gasteiger partial charge >= 0.3 is 0 Å². The van der Waals surface area contributed by atoms with Crippen LogP contribution in [0.4, 0.5) is 10.3 Å². The lowest BCUT2D eigenvalue weighted by atomic mass is 10.1. The summed E-state index contributed by atoms with van der Waals surface area (Å²) < 4.78 is 0. The number of amides is 2. The zero-order valence-electron chi connectivity index (χ0n) is 21.2. The fourth-order valence-corrected chi connectivity index (χ4v) is 5.90. The van der Waals surface area contributed by atoms with E-state index in [-0.39, 0.29) is 24.7 Å². The SMILES string of the molecule is O=C(Cc1[nH]nc2ccccc12)Nc1nnc(CCCCc2nnc(NC(=O)Cc3[nH]nc4ccccc34)s2)s1. The Labute approximate surface area is 235 Å². The zero-order chi connectivity index (χ0) is 27.3. The van der Waals surface area contributed by atoms with E-state index in [2.05, 4.69) is 51.4 Å². The molecule has 40 heavy (non-hydrogen) atoms. The number of aromatic nitrogens is 8. The zero-order valence-corrected chi connectivity index (χ0v) is 22.8. The van der Waals surface area contributed by atoms with Crippen molar-refractivity contribution in [3.05, 3.63) is 69.9 Å². The molecule has 2 amide bonds. The molecule has 6 rings (SSSR count). The summed E-state index contributed by atoms with van der Waals surface area (Å²) in [5, 5.41) is 41.1. The molecule has 4 N–H and O–H groups in total. The summed E-state index contributed by atoms with van der Waals surface area (Å²) in [6.45, 7) is 0. The number of aromatic amines is 2. The summed E-state index contributed by atoms with van der Waals surface area (Å²) in [7, 11) is 0. The van der Waals surface area contributed by atoms with E-state index in [1.54, 1.807) is 0 Å². The Kier molecular flexibility index (Phi) is 7.50. The maximum Gasteiger partial charge on any atom is 0.232 e. The second-order valence-corrected chi connectivity index (χ2v) is 11.2. The molecule has 2 aromatic carbocycles. The molecule has 202 valence electrons. The molecule has 0 spiro atoms. The number of carbonyl (C=O) groups is 2. The van der Waals surface area contributed by atoms with Crippen LogP contribution in [-0.4, -0.2) is 52.6 Å². The predicted molar refractivity (Wildman–Crippen MR) is 153 cm³/mol. The normalized spacial score (nSPS) is 11.3. The van der Waals surface area contributed by atoms with Crippen LogP contribution in [-0.2, 0) is 35.3 Å². The minimum absolute atomic E-state index is 0.172. The highest BCUT2D eigenvalue weighted by atomic mass is 32.1. The summed E-state index contributed by atoms with van der Waals surface area (Å²) >= 11 is 2.75. The number of H-pyrrole nitrogens is 2. The molecule has 4 heterocycles. The first kappa shape index (κ1) is 25.7. The van der Waals surface area contributed by atoms with Gasteiger partial charge in [0.1, 0.15) is 10.0 Å². The molecular weight excluding hydrogens is 548 g/mol. The monoisotopic (exact) mass is 572 g/mol. The molecule has 12 nitrogen and oxygen atoms in total. The minimum Gasteiger partial charge on any atom is -0.300 e. The first-order valence-corrected chi connectivity index (χ1v) is 14.3. The molecule has 0 aliphatic carbocycles. The number of nitrogens with zero attached hydrogens (tertiary/aromatic N) is 6. The van der Waals surface area contributed by atoms with Gasteiger partial charge in [-0.25, -0.2) is 0 Å². The largest absolute Gasteiger partial charge is 0.300 e. The van der Waals surface area contributed by atoms with Crippen LogP contribution in [0.3, 0.4) is 0 Å². The number of carbonyl (C=O) groups excluding carboxylic acids is 2. The summed E-state index contributed by atoms with van der Waals surface area (Å²) in [6, 6.07) is 15.3. The number of unbranched alkanes of at least 4 members (excludes halogenated alkanes) is 1. The number of rotatable bonds is 11. The predicted octanol–water partition coefficient (Wildman–Crippen LogP) is 4.07. The minimum atomic E-state index is -0.172. The van der Waals surface area contributed by atoms with Gasteiger partial charge in [0.05, 0.1) is 35.3 Å². The van der Waals surface area contributed by atoms with Gasteiger partial charge in [0.15, 0.2) is 0 Å². The van der Waals surface area contributed by atoms with Crippen molar-refractivity contribution in [2.24, 2.45) is 0 Å². The van der Waals surface area contributed by atoms with Crippen LogP contribution in [0.2, 0.25) is 0 Å². The maximum absolute atomic E-state index is 12.5. The van der Waals surface area contributed by atoms with Gasteiger partial charge in [-0.1, -0.05) is 59.1 Å². The molecule has 0 fully saturated rings. The topological polar surface area (TPSA) is 167 Å². The highest BCUT2D eigenvalue weighted by Gasteiger charge is 2.14. The van der Waals surface area contributed by atoms with Crippen LogP contribution in [0.5, 0.6) is 0 Å². The van der Waals surface area contributed by atoms with E-state index < -0.39 is 0 Å². The van der Waals surface area contributed by atoms with E-state index in [0.29, 0.717) is 10.3 Å². The van der Waals surface area contributed by atoms with Gasteiger partial charge in [0.2, 0.25) is 22.1 Å². The molecule has 0 bridgehead atoms. The lowest BCUT2D eigenvalue weighted by Gasteiger charge is -2.00. The smallest absolute Gasteiger partial charge is 0.232 e. The second-order valence-electron chi connectivity index (χ2n) is 9.10. The van der Waals surface area contributed by atoms with Gasteiger partial charge < -0.3 is 10.6 Å². The summed E-state index contributed by atoms with van der Waals surface area (Å²) in [4.78, 5) is 25.0. The van der Waals surface area contributed by atoms with Crippen molar-refractivity contribution in [1.29, 1.82) is 0 Å². The van der Waals surface area contributed by atoms with Crippen LogP contribution in [0.1, 0.15) is 34.2 Å². The Morgan fingerprint density at radius 2 is 1.10 bits per heavy atom. The molecule has 0 aliphatic heterocycles. The van der Waals surface area contributed by atoms with Gasteiger partial charge in [-0.05, 0) is 25.0 Å². The fourth-order valence-electron chi connectivity index (χ4n) is 4.31. The Hall–Kier alpha value is -4.56. The second kappa shape index (κ2) is 11.7. The molecule has 0 unspecified atom stereocenters. The van der Waals surface area contributed by atoms with Gasteiger partial charge in [0.25, 0.3) is 0 Å². The molecule has 0 saturated carbocycles. The number of nitrogens with one attached hydrogen (secondary N) is 4. The highest BCUT2D eigenvalue weighted by molar-refractivity contribution is 7.15. The summed E-state index contributed by atoms with van der Waals surface area (Å²) in [5.74, 6) is -0.344. The van der Waals surface area contributed by atoms with Crippen LogP contribution in [0.15, 0.2) is 48.5 Å². The lowest BCUT2D eigenvalue weighted by molar-refractivity contribution is -0.116. The molecular formula is C26H24N10O2S2. The van der Waals surface area contributed by atoms with Crippen LogP contribution in [0.25, 0.3) is 21.8 Å². The quantitative estimate of drug-likeness (QED) is 0.169. The number of para-hydroxylation sites is 2. The maximum atomic E-state index is 12.5. The number of hydrogen-bond donors (Lipinski definition) is 4. The Bertz CT molecular complexity index is 1660. The van der Waals surface area contributed by atoms with E-state index in [1.165, 1.54) is 22.7 Å². The van der Waals surface area contributed by atoms with Crippen molar-refractivity contribution >= 4 is 66.6 Å². The summed E-state index contributed by atoms with van der Waals surface area (Å²) in [6.07, 6.45) is 3.63. The average Bonchev–Trinajstić information content (AvgIpc) is 3.76. The Morgan fingerprint density at radius 1 is 0.650 bits per heavy atom. The molecule has 6 aromatic rings. The van der Waals surface area contributed by atoms with Crippen molar-refractivity contribution < 1.29 is 9.59 Å². The molecule has 0 aliphatic rings. The van der Waals surface area contributed by atoms with Gasteiger partial charge in [-0.15, -0.1) is 20.4 Å². The van der Waals surface area contributed by atoms with Crippen LogP contribution < -0.4 is 10.6 Å². The highest BCUT2D eigenvalue weighted by Crippen LogP contribution is 2.22. The number of aryl methyl sites for hydroxylation is 2. The number of hydrogen-bond acceptors (Lipinski definition) is 10. The molecule has 0 atom stereocenters.